The molecule has 0 aliphatic carbocycles. The van der Waals surface area contributed by atoms with Crippen LogP contribution in [0.1, 0.15) is 16.7 Å². The Balaban J connectivity index is 2.30. The second kappa shape index (κ2) is 3.20. The molecule has 1 aliphatic heterocycles. The molecule has 0 fully saturated rings. The minimum absolute atomic E-state index is 0.525. The fourth-order valence-electron chi connectivity index (χ4n) is 1.82. The van der Waals surface area contributed by atoms with Crippen LogP contribution in [0, 0.1) is 11.3 Å². The molecule has 0 N–H and O–H groups in total. The summed E-state index contributed by atoms with van der Waals surface area (Å²) in [6, 6.07) is 8.53. The summed E-state index contributed by atoms with van der Waals surface area (Å²) in [7, 11) is 2.12. The molecule has 0 saturated heterocycles. The van der Waals surface area contributed by atoms with Crippen molar-refractivity contribution in [3.8, 4) is 6.07 Å². The molecule has 0 bridgehead atoms. The van der Waals surface area contributed by atoms with Crippen molar-refractivity contribution in [2.75, 3.05) is 7.05 Å². The lowest BCUT2D eigenvalue weighted by Crippen LogP contribution is -2.07. The summed E-state index contributed by atoms with van der Waals surface area (Å²) >= 11 is 0. The van der Waals surface area contributed by atoms with Gasteiger partial charge in [0.25, 0.3) is 0 Å². The van der Waals surface area contributed by atoms with Gasteiger partial charge in [0.05, 0.1) is 12.5 Å². The zero-order valence-electron chi connectivity index (χ0n) is 7.75. The van der Waals surface area contributed by atoms with E-state index >= 15 is 0 Å². The Bertz CT molecular complexity index is 363. The van der Waals surface area contributed by atoms with Gasteiger partial charge in [0, 0.05) is 13.1 Å². The van der Waals surface area contributed by atoms with E-state index in [-0.39, 0.29) is 0 Å². The van der Waals surface area contributed by atoms with Crippen molar-refractivity contribution in [2.45, 2.75) is 19.5 Å². The third-order valence-corrected chi connectivity index (χ3v) is 2.43. The maximum absolute atomic E-state index is 8.56. The molecule has 0 radical (unpaired) electrons. The highest BCUT2D eigenvalue weighted by atomic mass is 15.1. The zero-order chi connectivity index (χ0) is 9.26. The highest BCUT2D eigenvalue weighted by Crippen LogP contribution is 2.22. The van der Waals surface area contributed by atoms with Crippen molar-refractivity contribution in [2.24, 2.45) is 0 Å². The zero-order valence-corrected chi connectivity index (χ0v) is 7.75. The molecule has 13 heavy (non-hydrogen) atoms. The summed E-state index contributed by atoms with van der Waals surface area (Å²) < 4.78 is 0. The second-order valence-corrected chi connectivity index (χ2v) is 3.61. The summed E-state index contributed by atoms with van der Waals surface area (Å²) in [6.45, 7) is 2.07. The lowest BCUT2D eigenvalue weighted by atomic mass is 10.1. The van der Waals surface area contributed by atoms with Crippen LogP contribution in [0.15, 0.2) is 18.2 Å². The summed E-state index contributed by atoms with van der Waals surface area (Å²) in [5.41, 5.74) is 3.93. The first-order valence-corrected chi connectivity index (χ1v) is 4.46. The van der Waals surface area contributed by atoms with E-state index < -0.39 is 0 Å². The van der Waals surface area contributed by atoms with Crippen molar-refractivity contribution in [3.63, 3.8) is 0 Å². The highest BCUT2D eigenvalue weighted by Gasteiger charge is 2.14. The molecule has 2 nitrogen and oxygen atoms in total. The van der Waals surface area contributed by atoms with E-state index in [1.807, 2.05) is 0 Å². The average Bonchev–Trinajstić information content (AvgIpc) is 2.44. The van der Waals surface area contributed by atoms with Gasteiger partial charge in [0.1, 0.15) is 0 Å². The summed E-state index contributed by atoms with van der Waals surface area (Å²) in [4.78, 5) is 2.28. The van der Waals surface area contributed by atoms with Crippen LogP contribution >= 0.6 is 0 Å². The van der Waals surface area contributed by atoms with Crippen LogP contribution < -0.4 is 0 Å². The van der Waals surface area contributed by atoms with Crippen LogP contribution in [0.25, 0.3) is 0 Å². The van der Waals surface area contributed by atoms with Crippen LogP contribution in [0.2, 0.25) is 0 Å². The first-order valence-electron chi connectivity index (χ1n) is 4.46. The van der Waals surface area contributed by atoms with E-state index in [4.69, 9.17) is 5.26 Å². The van der Waals surface area contributed by atoms with Crippen LogP contribution in [0.3, 0.4) is 0 Å². The lowest BCUT2D eigenvalue weighted by Gasteiger charge is -2.02. The molecule has 0 spiro atoms. The molecule has 1 aromatic rings. The van der Waals surface area contributed by atoms with Gasteiger partial charge in [-0.3, -0.25) is 4.90 Å². The minimum Gasteiger partial charge on any atom is -0.298 e. The summed E-state index contributed by atoms with van der Waals surface area (Å²) in [6.07, 6.45) is 0.525. The van der Waals surface area contributed by atoms with Crippen molar-refractivity contribution >= 4 is 0 Å². The second-order valence-electron chi connectivity index (χ2n) is 3.61. The van der Waals surface area contributed by atoms with Crippen molar-refractivity contribution in [1.82, 2.24) is 4.90 Å². The topological polar surface area (TPSA) is 27.0 Å². The molecule has 0 atom stereocenters. The molecular weight excluding hydrogens is 160 g/mol. The quantitative estimate of drug-likeness (QED) is 0.644. The number of fused-ring (bicyclic) bond motifs is 1. The van der Waals surface area contributed by atoms with Gasteiger partial charge in [-0.1, -0.05) is 18.2 Å². The molecule has 2 rings (SSSR count). The number of hydrogen-bond acceptors (Lipinski definition) is 2. The molecular formula is C11H12N2. The van der Waals surface area contributed by atoms with Gasteiger partial charge >= 0.3 is 0 Å². The van der Waals surface area contributed by atoms with E-state index in [2.05, 4.69) is 36.2 Å². The van der Waals surface area contributed by atoms with Gasteiger partial charge < -0.3 is 0 Å². The fraction of sp³-hybridized carbons (Fsp3) is 0.364. The largest absolute Gasteiger partial charge is 0.298 e. The predicted molar refractivity (Wildman–Crippen MR) is 50.9 cm³/mol. The first-order chi connectivity index (χ1) is 6.29. The number of rotatable bonds is 1. The van der Waals surface area contributed by atoms with Gasteiger partial charge in [-0.05, 0) is 23.7 Å². The molecule has 0 aromatic heterocycles. The average molecular weight is 172 g/mol. The normalized spacial score (nSPS) is 15.4. The third-order valence-electron chi connectivity index (χ3n) is 2.43. The maximum Gasteiger partial charge on any atom is 0.0669 e. The van der Waals surface area contributed by atoms with E-state index in [1.54, 1.807) is 0 Å². The Labute approximate surface area is 78.4 Å². The van der Waals surface area contributed by atoms with Gasteiger partial charge in [0.2, 0.25) is 0 Å². The molecule has 0 saturated carbocycles. The molecule has 66 valence electrons. The fourth-order valence-corrected chi connectivity index (χ4v) is 1.82. The van der Waals surface area contributed by atoms with Crippen molar-refractivity contribution in [1.29, 1.82) is 5.26 Å². The molecule has 0 amide bonds. The standard InChI is InChI=1S/C11H12N2/c1-13-7-10-3-2-9(4-5-12)6-11(10)8-13/h2-3,6H,4,7-8H2,1H3. The Morgan fingerprint density at radius 1 is 1.38 bits per heavy atom. The Morgan fingerprint density at radius 2 is 2.15 bits per heavy atom. The molecule has 1 heterocycles. The van der Waals surface area contributed by atoms with Crippen molar-refractivity contribution in [3.05, 3.63) is 34.9 Å². The van der Waals surface area contributed by atoms with Crippen LogP contribution in [-0.2, 0) is 19.5 Å². The first kappa shape index (κ1) is 8.28. The van der Waals surface area contributed by atoms with Gasteiger partial charge in [-0.2, -0.15) is 5.26 Å². The number of nitriles is 1. The van der Waals surface area contributed by atoms with E-state index in [0.717, 1.165) is 18.7 Å². The molecule has 1 aromatic carbocycles. The Hall–Kier alpha value is -1.33. The number of benzene rings is 1. The highest BCUT2D eigenvalue weighted by molar-refractivity contribution is 5.35. The van der Waals surface area contributed by atoms with E-state index in [0.29, 0.717) is 6.42 Å². The van der Waals surface area contributed by atoms with Crippen LogP contribution in [0.4, 0.5) is 0 Å². The molecule has 1 aliphatic rings. The van der Waals surface area contributed by atoms with Gasteiger partial charge in [0.15, 0.2) is 0 Å². The number of hydrogen-bond donors (Lipinski definition) is 0. The summed E-state index contributed by atoms with van der Waals surface area (Å²) in [5.74, 6) is 0. The summed E-state index contributed by atoms with van der Waals surface area (Å²) in [5, 5.41) is 8.56. The molecule has 2 heteroatoms. The third kappa shape index (κ3) is 1.56. The van der Waals surface area contributed by atoms with Gasteiger partial charge in [-0.25, -0.2) is 0 Å². The van der Waals surface area contributed by atoms with E-state index in [9.17, 15) is 0 Å². The minimum atomic E-state index is 0.525. The Morgan fingerprint density at radius 3 is 2.92 bits per heavy atom. The van der Waals surface area contributed by atoms with Crippen molar-refractivity contribution < 1.29 is 0 Å². The van der Waals surface area contributed by atoms with E-state index in [1.165, 1.54) is 11.1 Å². The maximum atomic E-state index is 8.56. The van der Waals surface area contributed by atoms with Crippen LogP contribution in [-0.4, -0.2) is 11.9 Å². The predicted octanol–water partition coefficient (Wildman–Crippen LogP) is 1.70. The monoisotopic (exact) mass is 172 g/mol. The SMILES string of the molecule is CN1Cc2ccc(CC#N)cc2C1. The lowest BCUT2D eigenvalue weighted by molar-refractivity contribution is 0.353. The van der Waals surface area contributed by atoms with Crippen LogP contribution in [0.5, 0.6) is 0 Å². The molecule has 0 unspecified atom stereocenters. The Kier molecular flexibility index (Phi) is 2.03. The smallest absolute Gasteiger partial charge is 0.0669 e. The van der Waals surface area contributed by atoms with Gasteiger partial charge in [-0.15, -0.1) is 0 Å². The number of nitrogens with zero attached hydrogens (tertiary/aromatic N) is 2.